The first-order valence-electron chi connectivity index (χ1n) is 9.92. The molecule has 0 unspecified atom stereocenters. The summed E-state index contributed by atoms with van der Waals surface area (Å²) in [5.41, 5.74) is 2.66. The predicted molar refractivity (Wildman–Crippen MR) is 109 cm³/mol. The largest absolute Gasteiger partial charge is 0.496 e. The summed E-state index contributed by atoms with van der Waals surface area (Å²) in [6.45, 7) is 6.77. The SMILES string of the molecule is COc1ccc(F)cc1C[NH+]1CC[NH+](CC(=O)Nc2cc(C)ccc2OC)CC1. The van der Waals surface area contributed by atoms with Gasteiger partial charge in [0.2, 0.25) is 0 Å². The first kappa shape index (κ1) is 21.1. The Morgan fingerprint density at radius 2 is 1.66 bits per heavy atom. The highest BCUT2D eigenvalue weighted by Crippen LogP contribution is 2.24. The number of benzene rings is 2. The van der Waals surface area contributed by atoms with E-state index in [0.29, 0.717) is 18.0 Å². The number of piperazine rings is 1. The van der Waals surface area contributed by atoms with Crippen LogP contribution in [-0.2, 0) is 11.3 Å². The molecule has 1 amide bonds. The van der Waals surface area contributed by atoms with Gasteiger partial charge in [-0.3, -0.25) is 4.79 Å². The molecule has 7 heteroatoms. The van der Waals surface area contributed by atoms with Crippen LogP contribution in [0, 0.1) is 12.7 Å². The molecule has 0 spiro atoms. The summed E-state index contributed by atoms with van der Waals surface area (Å²) in [5, 5.41) is 2.97. The van der Waals surface area contributed by atoms with Crippen molar-refractivity contribution in [1.29, 1.82) is 0 Å². The van der Waals surface area contributed by atoms with Crippen molar-refractivity contribution in [1.82, 2.24) is 0 Å². The molecule has 1 aliphatic heterocycles. The molecule has 29 heavy (non-hydrogen) atoms. The predicted octanol–water partition coefficient (Wildman–Crippen LogP) is 0.0734. The van der Waals surface area contributed by atoms with Gasteiger partial charge in [-0.15, -0.1) is 0 Å². The van der Waals surface area contributed by atoms with Crippen molar-refractivity contribution in [3.05, 3.63) is 53.3 Å². The van der Waals surface area contributed by atoms with Gasteiger partial charge in [0.25, 0.3) is 5.91 Å². The zero-order valence-corrected chi connectivity index (χ0v) is 17.3. The topological polar surface area (TPSA) is 56.4 Å². The van der Waals surface area contributed by atoms with Gasteiger partial charge in [0, 0.05) is 0 Å². The molecular formula is C22H30FN3O3+2. The third kappa shape index (κ3) is 5.68. The number of methoxy groups -OCH3 is 2. The lowest BCUT2D eigenvalue weighted by molar-refractivity contribution is -1.02. The first-order valence-corrected chi connectivity index (χ1v) is 9.92. The van der Waals surface area contributed by atoms with Crippen molar-refractivity contribution in [3.8, 4) is 11.5 Å². The summed E-state index contributed by atoms with van der Waals surface area (Å²) < 4.78 is 24.3. The number of hydrogen-bond acceptors (Lipinski definition) is 3. The maximum absolute atomic E-state index is 13.6. The lowest BCUT2D eigenvalue weighted by Crippen LogP contribution is -3.28. The van der Waals surface area contributed by atoms with E-state index in [4.69, 9.17) is 9.47 Å². The second kappa shape index (κ2) is 9.71. The molecule has 0 aromatic heterocycles. The average Bonchev–Trinajstić information content (AvgIpc) is 2.70. The fourth-order valence-corrected chi connectivity index (χ4v) is 3.81. The van der Waals surface area contributed by atoms with Gasteiger partial charge in [0.1, 0.15) is 50.0 Å². The van der Waals surface area contributed by atoms with E-state index in [0.717, 1.165) is 49.6 Å². The highest BCUT2D eigenvalue weighted by molar-refractivity contribution is 5.93. The van der Waals surface area contributed by atoms with Gasteiger partial charge >= 0.3 is 0 Å². The average molecular weight is 403 g/mol. The minimum absolute atomic E-state index is 0.0147. The van der Waals surface area contributed by atoms with Crippen molar-refractivity contribution >= 4 is 11.6 Å². The molecule has 6 nitrogen and oxygen atoms in total. The first-order chi connectivity index (χ1) is 14.0. The Bertz CT molecular complexity index is 851. The number of anilines is 1. The van der Waals surface area contributed by atoms with E-state index in [1.54, 1.807) is 26.4 Å². The highest BCUT2D eigenvalue weighted by atomic mass is 19.1. The minimum Gasteiger partial charge on any atom is -0.496 e. The van der Waals surface area contributed by atoms with E-state index >= 15 is 0 Å². The Kier molecular flexibility index (Phi) is 7.06. The van der Waals surface area contributed by atoms with E-state index in [2.05, 4.69) is 5.32 Å². The van der Waals surface area contributed by atoms with Gasteiger partial charge in [-0.25, -0.2) is 4.39 Å². The number of halogens is 1. The lowest BCUT2D eigenvalue weighted by atomic mass is 10.1. The van der Waals surface area contributed by atoms with Crippen LogP contribution in [0.3, 0.4) is 0 Å². The third-order valence-corrected chi connectivity index (χ3v) is 5.39. The van der Waals surface area contributed by atoms with Gasteiger partial charge in [-0.2, -0.15) is 0 Å². The number of aryl methyl sites for hydroxylation is 1. The van der Waals surface area contributed by atoms with Crippen molar-refractivity contribution in [2.45, 2.75) is 13.5 Å². The Hall–Kier alpha value is -2.64. The van der Waals surface area contributed by atoms with Crippen molar-refractivity contribution in [2.75, 3.05) is 52.3 Å². The molecule has 2 aromatic carbocycles. The summed E-state index contributed by atoms with van der Waals surface area (Å²) in [5.74, 6) is 1.13. The van der Waals surface area contributed by atoms with Crippen molar-refractivity contribution in [2.24, 2.45) is 0 Å². The van der Waals surface area contributed by atoms with Crippen LogP contribution in [0.1, 0.15) is 11.1 Å². The number of rotatable bonds is 7. The molecular weight excluding hydrogens is 373 g/mol. The standard InChI is InChI=1S/C22H28FN3O3/c1-16-4-6-21(29-3)19(12-16)24-22(27)15-26-10-8-25(9-11-26)14-17-13-18(23)5-7-20(17)28-2/h4-7,12-13H,8-11,14-15H2,1-3H3,(H,24,27)/p+2. The van der Waals surface area contributed by atoms with Gasteiger partial charge in [-0.05, 0) is 42.8 Å². The Balaban J connectivity index is 1.50. The quantitative estimate of drug-likeness (QED) is 0.614. The molecule has 1 heterocycles. The van der Waals surface area contributed by atoms with Gasteiger partial charge in [0.15, 0.2) is 6.54 Å². The van der Waals surface area contributed by atoms with Crippen molar-refractivity contribution in [3.63, 3.8) is 0 Å². The third-order valence-electron chi connectivity index (χ3n) is 5.39. The summed E-state index contributed by atoms with van der Waals surface area (Å²) >= 11 is 0. The lowest BCUT2D eigenvalue weighted by Gasteiger charge is -2.29. The van der Waals surface area contributed by atoms with Gasteiger partial charge < -0.3 is 24.6 Å². The van der Waals surface area contributed by atoms with Gasteiger partial charge in [0.05, 0.1) is 25.5 Å². The summed E-state index contributed by atoms with van der Waals surface area (Å²) in [6.07, 6.45) is 0. The van der Waals surface area contributed by atoms with Crippen molar-refractivity contribution < 1.29 is 28.5 Å². The summed E-state index contributed by atoms with van der Waals surface area (Å²) in [6, 6.07) is 10.4. The normalized spacial score (nSPS) is 18.9. The Morgan fingerprint density at radius 1 is 1.00 bits per heavy atom. The Labute approximate surface area is 171 Å². The van der Waals surface area contributed by atoms with Crippen LogP contribution in [0.4, 0.5) is 10.1 Å². The zero-order valence-electron chi connectivity index (χ0n) is 17.3. The number of hydrogen-bond donors (Lipinski definition) is 3. The van der Waals surface area contributed by atoms with Crippen LogP contribution in [0.15, 0.2) is 36.4 Å². The molecule has 0 atom stereocenters. The molecule has 0 saturated carbocycles. The maximum atomic E-state index is 13.6. The number of carbonyl (C=O) groups excluding carboxylic acids is 1. The number of quaternary nitrogens is 2. The van der Waals surface area contributed by atoms with E-state index in [9.17, 15) is 9.18 Å². The smallest absolute Gasteiger partial charge is 0.279 e. The van der Waals surface area contributed by atoms with Gasteiger partial charge in [-0.1, -0.05) is 6.07 Å². The number of carbonyl (C=O) groups is 1. The highest BCUT2D eigenvalue weighted by Gasteiger charge is 2.26. The molecule has 1 aliphatic rings. The summed E-state index contributed by atoms with van der Waals surface area (Å²) in [7, 11) is 3.21. The van der Waals surface area contributed by atoms with Crippen LogP contribution in [-0.4, -0.2) is 52.9 Å². The molecule has 0 aliphatic carbocycles. The second-order valence-corrected chi connectivity index (χ2v) is 7.56. The number of nitrogens with one attached hydrogen (secondary N) is 3. The Morgan fingerprint density at radius 3 is 2.34 bits per heavy atom. The number of ether oxygens (including phenoxy) is 2. The second-order valence-electron chi connectivity index (χ2n) is 7.56. The molecule has 156 valence electrons. The molecule has 0 radical (unpaired) electrons. The van der Waals surface area contributed by atoms with Crippen LogP contribution in [0.2, 0.25) is 0 Å². The molecule has 0 bridgehead atoms. The van der Waals surface area contributed by atoms with Crippen LogP contribution < -0.4 is 24.6 Å². The molecule has 2 aromatic rings. The molecule has 1 fully saturated rings. The number of amides is 1. The van der Waals surface area contributed by atoms with Crippen LogP contribution in [0.5, 0.6) is 11.5 Å². The van der Waals surface area contributed by atoms with Crippen LogP contribution >= 0.6 is 0 Å². The molecule has 3 rings (SSSR count). The summed E-state index contributed by atoms with van der Waals surface area (Å²) in [4.78, 5) is 15.1. The van der Waals surface area contributed by atoms with E-state index in [1.807, 2.05) is 25.1 Å². The minimum atomic E-state index is -0.243. The van der Waals surface area contributed by atoms with Crippen LogP contribution in [0.25, 0.3) is 0 Å². The maximum Gasteiger partial charge on any atom is 0.279 e. The van der Waals surface area contributed by atoms with E-state index < -0.39 is 0 Å². The zero-order chi connectivity index (χ0) is 20.8. The van der Waals surface area contributed by atoms with E-state index in [1.165, 1.54) is 15.9 Å². The fourth-order valence-electron chi connectivity index (χ4n) is 3.81. The molecule has 1 saturated heterocycles. The monoisotopic (exact) mass is 403 g/mol. The fraction of sp³-hybridized carbons (Fsp3) is 0.409. The molecule has 3 N–H and O–H groups in total. The van der Waals surface area contributed by atoms with E-state index in [-0.39, 0.29) is 11.7 Å².